The first-order chi connectivity index (χ1) is 11.6. The summed E-state index contributed by atoms with van der Waals surface area (Å²) in [6.07, 6.45) is 2.32. The summed E-state index contributed by atoms with van der Waals surface area (Å²) in [7, 11) is 0. The molecule has 2 aliphatic heterocycles. The Morgan fingerprint density at radius 2 is 2.25 bits per heavy atom. The van der Waals surface area contributed by atoms with Gasteiger partial charge in [-0.15, -0.1) is 0 Å². The summed E-state index contributed by atoms with van der Waals surface area (Å²) in [6, 6.07) is 7.83. The van der Waals surface area contributed by atoms with Crippen LogP contribution in [0.1, 0.15) is 31.4 Å². The first-order valence-corrected chi connectivity index (χ1v) is 9.15. The average Bonchev–Trinajstić information content (AvgIpc) is 3.10. The van der Waals surface area contributed by atoms with Crippen LogP contribution in [0.5, 0.6) is 0 Å². The van der Waals surface area contributed by atoms with E-state index < -0.39 is 0 Å². The maximum Gasteiger partial charge on any atom is 0.239 e. The van der Waals surface area contributed by atoms with Crippen molar-refractivity contribution in [2.45, 2.75) is 38.0 Å². The van der Waals surface area contributed by atoms with Gasteiger partial charge >= 0.3 is 0 Å². The molecular weight excluding hydrogens is 326 g/mol. The zero-order chi connectivity index (χ0) is 16.9. The van der Waals surface area contributed by atoms with Gasteiger partial charge < -0.3 is 15.4 Å². The van der Waals surface area contributed by atoms with Gasteiger partial charge in [0, 0.05) is 18.1 Å². The highest BCUT2D eigenvalue weighted by atomic mass is 35.5. The molecule has 2 saturated heterocycles. The monoisotopic (exact) mass is 351 g/mol. The van der Waals surface area contributed by atoms with Crippen LogP contribution in [0.4, 0.5) is 0 Å². The molecule has 3 rings (SSSR count). The summed E-state index contributed by atoms with van der Waals surface area (Å²) < 4.78 is 5.57. The second kappa shape index (κ2) is 8.30. The Kier molecular flexibility index (Phi) is 6.11. The van der Waals surface area contributed by atoms with Crippen LogP contribution >= 0.6 is 11.6 Å². The van der Waals surface area contributed by atoms with Gasteiger partial charge in [0.25, 0.3) is 0 Å². The van der Waals surface area contributed by atoms with Gasteiger partial charge in [0.15, 0.2) is 0 Å². The first-order valence-electron chi connectivity index (χ1n) is 8.77. The number of halogens is 1. The lowest BCUT2D eigenvalue weighted by Crippen LogP contribution is -2.56. The minimum Gasteiger partial charge on any atom is -0.375 e. The van der Waals surface area contributed by atoms with Crippen molar-refractivity contribution in [3.63, 3.8) is 0 Å². The Hall–Kier alpha value is -1.14. The van der Waals surface area contributed by atoms with Crippen LogP contribution in [0.25, 0.3) is 0 Å². The number of amides is 1. The molecule has 1 aromatic rings. The third kappa shape index (κ3) is 4.28. The van der Waals surface area contributed by atoms with E-state index in [1.54, 1.807) is 0 Å². The molecule has 0 spiro atoms. The number of morpholine rings is 1. The molecule has 0 saturated carbocycles. The lowest BCUT2D eigenvalue weighted by Gasteiger charge is -2.32. The molecule has 2 N–H and O–H groups in total. The molecule has 2 heterocycles. The largest absolute Gasteiger partial charge is 0.375 e. The molecule has 3 atom stereocenters. The molecule has 6 heteroatoms. The van der Waals surface area contributed by atoms with Crippen molar-refractivity contribution in [3.05, 3.63) is 34.9 Å². The number of carbonyl (C=O) groups excluding carboxylic acids is 1. The van der Waals surface area contributed by atoms with Crippen LogP contribution in [0.2, 0.25) is 5.02 Å². The van der Waals surface area contributed by atoms with Gasteiger partial charge in [-0.25, -0.2) is 0 Å². The van der Waals surface area contributed by atoms with Gasteiger partial charge in [-0.05, 0) is 50.6 Å². The van der Waals surface area contributed by atoms with E-state index in [4.69, 9.17) is 16.3 Å². The molecular formula is C18H26ClN3O2. The van der Waals surface area contributed by atoms with E-state index in [0.717, 1.165) is 23.7 Å². The Bertz CT molecular complexity index is 563. The summed E-state index contributed by atoms with van der Waals surface area (Å²) in [4.78, 5) is 15.0. The Morgan fingerprint density at radius 1 is 1.46 bits per heavy atom. The van der Waals surface area contributed by atoms with E-state index >= 15 is 0 Å². The Labute approximate surface area is 148 Å². The van der Waals surface area contributed by atoms with Crippen molar-refractivity contribution in [3.8, 4) is 0 Å². The fraction of sp³-hybridized carbons (Fsp3) is 0.611. The van der Waals surface area contributed by atoms with Crippen LogP contribution in [-0.2, 0) is 9.53 Å². The lowest BCUT2D eigenvalue weighted by molar-refractivity contribution is -0.129. The molecule has 0 aromatic heterocycles. The molecule has 1 aromatic carbocycles. The topological polar surface area (TPSA) is 53.6 Å². The van der Waals surface area contributed by atoms with Crippen molar-refractivity contribution in [2.24, 2.45) is 0 Å². The fourth-order valence-electron chi connectivity index (χ4n) is 3.56. The lowest BCUT2D eigenvalue weighted by atomic mass is 10.0. The number of nitrogens with one attached hydrogen (secondary N) is 2. The van der Waals surface area contributed by atoms with Gasteiger partial charge in [-0.2, -0.15) is 0 Å². The summed E-state index contributed by atoms with van der Waals surface area (Å²) in [6.45, 7) is 6.02. The summed E-state index contributed by atoms with van der Waals surface area (Å²) in [5.41, 5.74) is 1.16. The molecule has 0 aliphatic carbocycles. The van der Waals surface area contributed by atoms with E-state index in [1.165, 1.54) is 12.8 Å². The normalized spacial score (nSPS) is 26.2. The predicted molar refractivity (Wildman–Crippen MR) is 95.2 cm³/mol. The summed E-state index contributed by atoms with van der Waals surface area (Å²) in [5, 5.41) is 7.09. The number of nitrogens with zero attached hydrogens (tertiary/aromatic N) is 1. The second-order valence-corrected chi connectivity index (χ2v) is 7.00. The summed E-state index contributed by atoms with van der Waals surface area (Å²) >= 11 is 6.17. The highest BCUT2D eigenvalue weighted by molar-refractivity contribution is 6.30. The van der Waals surface area contributed by atoms with Crippen LogP contribution < -0.4 is 10.6 Å². The van der Waals surface area contributed by atoms with Gasteiger partial charge in [0.1, 0.15) is 6.04 Å². The second-order valence-electron chi connectivity index (χ2n) is 6.57. The minimum absolute atomic E-state index is 0.00780. The van der Waals surface area contributed by atoms with Crippen LogP contribution in [-0.4, -0.2) is 55.7 Å². The Balaban J connectivity index is 1.66. The molecule has 2 aliphatic rings. The number of benzene rings is 1. The number of hydrogen-bond acceptors (Lipinski definition) is 4. The molecule has 1 amide bonds. The van der Waals surface area contributed by atoms with E-state index in [1.807, 2.05) is 25.1 Å². The van der Waals surface area contributed by atoms with E-state index in [0.29, 0.717) is 19.7 Å². The first kappa shape index (κ1) is 17.7. The average molecular weight is 352 g/mol. The van der Waals surface area contributed by atoms with Gasteiger partial charge in [0.05, 0.1) is 18.8 Å². The highest BCUT2D eigenvalue weighted by Gasteiger charge is 2.30. The zero-order valence-electron chi connectivity index (χ0n) is 14.1. The number of rotatable bonds is 5. The third-order valence-electron chi connectivity index (χ3n) is 4.88. The molecule has 0 radical (unpaired) electrons. The van der Waals surface area contributed by atoms with Crippen LogP contribution in [0, 0.1) is 0 Å². The van der Waals surface area contributed by atoms with Crippen LogP contribution in [0.3, 0.4) is 0 Å². The SMILES string of the molecule is C[C@H]1OCCN[C@@H]1C(=O)NCC(c1cccc(Cl)c1)N1CCCC1. The smallest absolute Gasteiger partial charge is 0.239 e. The standard InChI is InChI=1S/C18H26ClN3O2/c1-13-17(20-7-10-24-13)18(23)21-12-16(22-8-2-3-9-22)14-5-4-6-15(19)11-14/h4-6,11,13,16-17,20H,2-3,7-10,12H2,1H3,(H,21,23)/t13-,16?,17+/m1/s1. The molecule has 1 unspecified atom stereocenters. The molecule has 5 nitrogen and oxygen atoms in total. The van der Waals surface area contributed by atoms with Gasteiger partial charge in [-0.3, -0.25) is 9.69 Å². The minimum atomic E-state index is -0.280. The number of likely N-dealkylation sites (tertiary alicyclic amines) is 1. The number of ether oxygens (including phenoxy) is 1. The predicted octanol–water partition coefficient (Wildman–Crippen LogP) is 1.97. The van der Waals surface area contributed by atoms with Crippen molar-refractivity contribution in [2.75, 3.05) is 32.8 Å². The maximum atomic E-state index is 12.5. The van der Waals surface area contributed by atoms with E-state index in [-0.39, 0.29) is 24.1 Å². The Morgan fingerprint density at radius 3 is 2.96 bits per heavy atom. The van der Waals surface area contributed by atoms with E-state index in [2.05, 4.69) is 21.6 Å². The summed E-state index contributed by atoms with van der Waals surface area (Å²) in [5.74, 6) is 0.00780. The molecule has 132 valence electrons. The van der Waals surface area contributed by atoms with Gasteiger partial charge in [0.2, 0.25) is 5.91 Å². The number of hydrogen-bond donors (Lipinski definition) is 2. The van der Waals surface area contributed by atoms with Crippen LogP contribution in [0.15, 0.2) is 24.3 Å². The zero-order valence-corrected chi connectivity index (χ0v) is 14.9. The van der Waals surface area contributed by atoms with Crippen molar-refractivity contribution in [1.82, 2.24) is 15.5 Å². The van der Waals surface area contributed by atoms with Crippen molar-refractivity contribution >= 4 is 17.5 Å². The third-order valence-corrected chi connectivity index (χ3v) is 5.12. The van der Waals surface area contributed by atoms with Gasteiger partial charge in [-0.1, -0.05) is 23.7 Å². The van der Waals surface area contributed by atoms with Crippen molar-refractivity contribution in [1.29, 1.82) is 0 Å². The number of carbonyl (C=O) groups is 1. The fourth-order valence-corrected chi connectivity index (χ4v) is 3.76. The molecule has 24 heavy (non-hydrogen) atoms. The maximum absolute atomic E-state index is 12.5. The molecule has 2 fully saturated rings. The molecule has 0 bridgehead atoms. The highest BCUT2D eigenvalue weighted by Crippen LogP contribution is 2.26. The van der Waals surface area contributed by atoms with Crippen molar-refractivity contribution < 1.29 is 9.53 Å². The quantitative estimate of drug-likeness (QED) is 0.851. The van der Waals surface area contributed by atoms with E-state index in [9.17, 15) is 4.79 Å².